The van der Waals surface area contributed by atoms with Crippen LogP contribution in [0.1, 0.15) is 36.5 Å². The van der Waals surface area contributed by atoms with Crippen molar-refractivity contribution in [3.8, 4) is 22.3 Å². The quantitative estimate of drug-likeness (QED) is 0.295. The first-order valence-electron chi connectivity index (χ1n) is 10.9. The van der Waals surface area contributed by atoms with E-state index < -0.39 is 11.6 Å². The molecule has 1 aliphatic carbocycles. The molecule has 2 aliphatic rings. The Balaban J connectivity index is 1.39. The number of hydrogen-bond donors (Lipinski definition) is 0. The summed E-state index contributed by atoms with van der Waals surface area (Å²) in [7, 11) is 0. The van der Waals surface area contributed by atoms with Gasteiger partial charge in [0.25, 0.3) is 0 Å². The van der Waals surface area contributed by atoms with Crippen molar-refractivity contribution in [2.45, 2.75) is 25.4 Å². The number of epoxide rings is 1. The van der Waals surface area contributed by atoms with E-state index in [0.717, 1.165) is 24.8 Å². The molecule has 1 fully saturated rings. The minimum Gasteiger partial charge on any atom is -0.368 e. The van der Waals surface area contributed by atoms with Gasteiger partial charge in [-0.1, -0.05) is 60.7 Å². The normalized spacial score (nSPS) is 20.0. The molecule has 1 heterocycles. The number of ether oxygens (including phenoxy) is 1. The van der Waals surface area contributed by atoms with E-state index >= 15 is 0 Å². The number of allylic oxidation sites excluding steroid dienone is 3. The van der Waals surface area contributed by atoms with Gasteiger partial charge in [-0.3, -0.25) is 0 Å². The third-order valence-electron chi connectivity index (χ3n) is 6.42. The van der Waals surface area contributed by atoms with E-state index in [0.29, 0.717) is 29.2 Å². The Morgan fingerprint density at radius 3 is 2.09 bits per heavy atom. The van der Waals surface area contributed by atoms with Crippen molar-refractivity contribution in [2.75, 3.05) is 6.61 Å². The van der Waals surface area contributed by atoms with Crippen LogP contribution in [0.25, 0.3) is 27.8 Å². The van der Waals surface area contributed by atoms with Crippen molar-refractivity contribution in [3.05, 3.63) is 102 Å². The average Bonchev–Trinajstić information content (AvgIpc) is 3.66. The Labute approximate surface area is 185 Å². The van der Waals surface area contributed by atoms with Gasteiger partial charge in [-0.15, -0.1) is 6.58 Å². The number of rotatable bonds is 5. The summed E-state index contributed by atoms with van der Waals surface area (Å²) in [5.41, 5.74) is 4.20. The van der Waals surface area contributed by atoms with Gasteiger partial charge in [0, 0.05) is 16.7 Å². The lowest BCUT2D eigenvalue weighted by atomic mass is 9.86. The Bertz CT molecular complexity index is 1210. The van der Waals surface area contributed by atoms with Crippen LogP contribution < -0.4 is 0 Å². The molecule has 0 amide bonds. The molecular weight excluding hydrogens is 409 g/mol. The standard InChI is InChI=1S/C28H23F3O/c1-2-17-3-5-18(6-4-17)21-11-12-22(25(29)15-21)19-7-9-20(10-8-19)23-13-14-24(26-16-32-26)28(31)27(23)30/h2,5,7-15,17,26H,1,3-4,6,16H2. The highest BCUT2D eigenvalue weighted by Crippen LogP contribution is 2.37. The van der Waals surface area contributed by atoms with E-state index in [1.54, 1.807) is 48.5 Å². The summed E-state index contributed by atoms with van der Waals surface area (Å²) in [4.78, 5) is 0. The maximum Gasteiger partial charge on any atom is 0.167 e. The fraction of sp³-hybridized carbons (Fsp3) is 0.214. The molecule has 4 heteroatoms. The maximum atomic E-state index is 14.9. The van der Waals surface area contributed by atoms with Crippen molar-refractivity contribution in [1.82, 2.24) is 0 Å². The van der Waals surface area contributed by atoms with Crippen molar-refractivity contribution < 1.29 is 17.9 Å². The number of benzene rings is 3. The van der Waals surface area contributed by atoms with Crippen molar-refractivity contribution in [3.63, 3.8) is 0 Å². The van der Waals surface area contributed by atoms with Crippen LogP contribution in [0.15, 0.2) is 73.3 Å². The number of hydrogen-bond acceptors (Lipinski definition) is 1. The summed E-state index contributed by atoms with van der Waals surface area (Å²) in [5.74, 6) is -1.56. The van der Waals surface area contributed by atoms with E-state index in [1.807, 2.05) is 12.1 Å². The molecule has 1 aliphatic heterocycles. The van der Waals surface area contributed by atoms with Gasteiger partial charge in [0.15, 0.2) is 11.6 Å². The summed E-state index contributed by atoms with van der Waals surface area (Å²) in [5, 5.41) is 0. The lowest BCUT2D eigenvalue weighted by molar-refractivity contribution is 0.401. The molecule has 32 heavy (non-hydrogen) atoms. The minimum atomic E-state index is -0.888. The average molecular weight is 432 g/mol. The van der Waals surface area contributed by atoms with Crippen LogP contribution in [-0.4, -0.2) is 6.61 Å². The largest absolute Gasteiger partial charge is 0.368 e. The van der Waals surface area contributed by atoms with Crippen LogP contribution >= 0.6 is 0 Å². The van der Waals surface area contributed by atoms with Gasteiger partial charge in [0.1, 0.15) is 11.9 Å². The first-order chi connectivity index (χ1) is 15.5. The molecule has 5 rings (SSSR count). The number of halogens is 3. The third kappa shape index (κ3) is 3.91. The zero-order valence-electron chi connectivity index (χ0n) is 17.6. The van der Waals surface area contributed by atoms with Crippen molar-refractivity contribution in [2.24, 2.45) is 5.92 Å². The fourth-order valence-electron chi connectivity index (χ4n) is 4.37. The first kappa shape index (κ1) is 20.8. The van der Waals surface area contributed by atoms with E-state index in [9.17, 15) is 13.2 Å². The predicted octanol–water partition coefficient (Wildman–Crippen LogP) is 7.88. The Morgan fingerprint density at radius 1 is 0.844 bits per heavy atom. The van der Waals surface area contributed by atoms with Crippen molar-refractivity contribution in [1.29, 1.82) is 0 Å². The summed E-state index contributed by atoms with van der Waals surface area (Å²) >= 11 is 0. The second kappa shape index (κ2) is 8.44. The van der Waals surface area contributed by atoms with Gasteiger partial charge in [-0.2, -0.15) is 0 Å². The van der Waals surface area contributed by atoms with E-state index in [-0.39, 0.29) is 23.0 Å². The second-order valence-electron chi connectivity index (χ2n) is 8.42. The van der Waals surface area contributed by atoms with Gasteiger partial charge in [-0.25, -0.2) is 13.2 Å². The highest BCUT2D eigenvalue weighted by atomic mass is 19.2. The van der Waals surface area contributed by atoms with Crippen LogP contribution in [0.3, 0.4) is 0 Å². The van der Waals surface area contributed by atoms with E-state index in [4.69, 9.17) is 4.74 Å². The van der Waals surface area contributed by atoms with Gasteiger partial charge in [0.05, 0.1) is 6.61 Å². The highest BCUT2D eigenvalue weighted by molar-refractivity contribution is 5.74. The molecule has 3 aromatic carbocycles. The summed E-state index contributed by atoms with van der Waals surface area (Å²) < 4.78 is 48.9. The van der Waals surface area contributed by atoms with Gasteiger partial charge >= 0.3 is 0 Å². The van der Waals surface area contributed by atoms with Gasteiger partial charge in [0.2, 0.25) is 0 Å². The molecule has 0 saturated carbocycles. The molecule has 0 bridgehead atoms. The second-order valence-corrected chi connectivity index (χ2v) is 8.42. The van der Waals surface area contributed by atoms with E-state index in [1.165, 1.54) is 5.57 Å². The minimum absolute atomic E-state index is 0.177. The lowest BCUT2D eigenvalue weighted by Crippen LogP contribution is -2.02. The zero-order chi connectivity index (χ0) is 22.2. The lowest BCUT2D eigenvalue weighted by Gasteiger charge is -2.19. The molecular formula is C28H23F3O. The van der Waals surface area contributed by atoms with Crippen LogP contribution in [0, 0.1) is 23.4 Å². The van der Waals surface area contributed by atoms with Crippen molar-refractivity contribution >= 4 is 5.57 Å². The monoisotopic (exact) mass is 432 g/mol. The SMILES string of the molecule is C=CC1CC=C(c2ccc(-c3ccc(-c4ccc(C5CO5)c(F)c4F)cc3)c(F)c2)CC1. The Hall–Kier alpha value is -3.11. The Kier molecular flexibility index (Phi) is 5.48. The van der Waals surface area contributed by atoms with Gasteiger partial charge < -0.3 is 4.74 Å². The molecule has 0 radical (unpaired) electrons. The molecule has 0 spiro atoms. The maximum absolute atomic E-state index is 14.9. The predicted molar refractivity (Wildman–Crippen MR) is 121 cm³/mol. The first-order valence-corrected chi connectivity index (χ1v) is 10.9. The summed E-state index contributed by atoms with van der Waals surface area (Å²) in [6.07, 6.45) is 6.70. The molecule has 1 nitrogen and oxygen atoms in total. The van der Waals surface area contributed by atoms with Crippen LogP contribution in [-0.2, 0) is 4.74 Å². The fourth-order valence-corrected chi connectivity index (χ4v) is 4.37. The summed E-state index contributed by atoms with van der Waals surface area (Å²) in [6.45, 7) is 4.27. The molecule has 162 valence electrons. The molecule has 0 aromatic heterocycles. The van der Waals surface area contributed by atoms with Crippen LogP contribution in [0.4, 0.5) is 13.2 Å². The van der Waals surface area contributed by atoms with Gasteiger partial charge in [-0.05, 0) is 53.5 Å². The topological polar surface area (TPSA) is 12.5 Å². The molecule has 1 saturated heterocycles. The van der Waals surface area contributed by atoms with E-state index in [2.05, 4.69) is 12.7 Å². The smallest absolute Gasteiger partial charge is 0.167 e. The van der Waals surface area contributed by atoms with Crippen LogP contribution in [0.2, 0.25) is 0 Å². The Morgan fingerprint density at radius 2 is 1.50 bits per heavy atom. The summed E-state index contributed by atoms with van der Waals surface area (Å²) in [6, 6.07) is 15.3. The molecule has 2 unspecified atom stereocenters. The zero-order valence-corrected chi connectivity index (χ0v) is 17.6. The highest BCUT2D eigenvalue weighted by Gasteiger charge is 2.30. The van der Waals surface area contributed by atoms with Crippen LogP contribution in [0.5, 0.6) is 0 Å². The molecule has 3 aromatic rings. The third-order valence-corrected chi connectivity index (χ3v) is 6.42. The molecule has 0 N–H and O–H groups in total. The molecule has 2 atom stereocenters.